The van der Waals surface area contributed by atoms with Gasteiger partial charge in [0.05, 0.1) is 6.10 Å². The van der Waals surface area contributed by atoms with Crippen molar-refractivity contribution in [2.24, 2.45) is 0 Å². The molecule has 0 saturated carbocycles. The van der Waals surface area contributed by atoms with Crippen molar-refractivity contribution in [3.05, 3.63) is 29.3 Å². The Kier molecular flexibility index (Phi) is 4.37. The van der Waals surface area contributed by atoms with Gasteiger partial charge in [-0.1, -0.05) is 13.8 Å². The molecule has 0 amide bonds. The van der Waals surface area contributed by atoms with Crippen molar-refractivity contribution in [2.75, 3.05) is 13.2 Å². The predicted octanol–water partition coefficient (Wildman–Crippen LogP) is 3.18. The highest BCUT2D eigenvalue weighted by atomic mass is 16.5. The monoisotopic (exact) mass is 248 g/mol. The minimum Gasteiger partial charge on any atom is -0.491 e. The highest BCUT2D eigenvalue weighted by Gasteiger charge is 2.17. The van der Waals surface area contributed by atoms with E-state index in [1.54, 1.807) is 6.07 Å². The molecule has 0 radical (unpaired) electrons. The molecule has 3 nitrogen and oxygen atoms in total. The van der Waals surface area contributed by atoms with Gasteiger partial charge in [-0.15, -0.1) is 0 Å². The summed E-state index contributed by atoms with van der Waals surface area (Å²) < 4.78 is 11.4. The molecule has 98 valence electrons. The van der Waals surface area contributed by atoms with Crippen LogP contribution < -0.4 is 4.74 Å². The Morgan fingerprint density at radius 3 is 2.94 bits per heavy atom. The van der Waals surface area contributed by atoms with Gasteiger partial charge < -0.3 is 9.47 Å². The normalized spacial score (nSPS) is 19.2. The van der Waals surface area contributed by atoms with E-state index < -0.39 is 0 Å². The summed E-state index contributed by atoms with van der Waals surface area (Å²) in [7, 11) is 0. The van der Waals surface area contributed by atoms with Gasteiger partial charge in [-0.25, -0.2) is 0 Å². The molecule has 1 saturated heterocycles. The third-order valence-corrected chi connectivity index (χ3v) is 3.24. The first-order valence-corrected chi connectivity index (χ1v) is 6.54. The van der Waals surface area contributed by atoms with Gasteiger partial charge in [0, 0.05) is 12.2 Å². The van der Waals surface area contributed by atoms with E-state index in [9.17, 15) is 4.79 Å². The highest BCUT2D eigenvalue weighted by molar-refractivity contribution is 5.75. The molecule has 0 spiro atoms. The van der Waals surface area contributed by atoms with Crippen molar-refractivity contribution in [2.45, 2.75) is 38.7 Å². The van der Waals surface area contributed by atoms with Crippen LogP contribution in [0.4, 0.5) is 0 Å². The summed E-state index contributed by atoms with van der Waals surface area (Å²) >= 11 is 0. The van der Waals surface area contributed by atoms with E-state index in [0.29, 0.717) is 18.1 Å². The molecule has 1 aromatic rings. The molecule has 1 heterocycles. The highest BCUT2D eigenvalue weighted by Crippen LogP contribution is 2.28. The van der Waals surface area contributed by atoms with Gasteiger partial charge in [0.25, 0.3) is 0 Å². The standard InChI is InChI=1S/C15H20O3/c1-11(2)14-8-12(9-16)5-6-15(14)18-10-13-4-3-7-17-13/h5-6,8-9,11,13H,3-4,7,10H2,1-2H3. The van der Waals surface area contributed by atoms with Crippen LogP contribution >= 0.6 is 0 Å². The molecular formula is C15H20O3. The number of carbonyl (C=O) groups is 1. The summed E-state index contributed by atoms with van der Waals surface area (Å²) in [5.74, 6) is 1.20. The Hall–Kier alpha value is -1.35. The van der Waals surface area contributed by atoms with Crippen LogP contribution in [0.2, 0.25) is 0 Å². The molecule has 0 aromatic heterocycles. The summed E-state index contributed by atoms with van der Waals surface area (Å²) in [5, 5.41) is 0. The summed E-state index contributed by atoms with van der Waals surface area (Å²) in [6.07, 6.45) is 3.28. The maximum atomic E-state index is 10.8. The second-order valence-electron chi connectivity index (χ2n) is 5.02. The smallest absolute Gasteiger partial charge is 0.150 e. The molecule has 18 heavy (non-hydrogen) atoms. The largest absolute Gasteiger partial charge is 0.491 e. The number of benzene rings is 1. The molecule has 0 N–H and O–H groups in total. The average Bonchev–Trinajstić information content (AvgIpc) is 2.89. The number of rotatable bonds is 5. The number of carbonyl (C=O) groups excluding carboxylic acids is 1. The van der Waals surface area contributed by atoms with E-state index >= 15 is 0 Å². The third kappa shape index (κ3) is 3.10. The Bertz CT molecular complexity index is 406. The molecule has 1 aliphatic heterocycles. The number of hydrogen-bond donors (Lipinski definition) is 0. The fourth-order valence-corrected chi connectivity index (χ4v) is 2.18. The molecule has 0 bridgehead atoms. The van der Waals surface area contributed by atoms with Crippen LogP contribution in [-0.4, -0.2) is 25.6 Å². The fourth-order valence-electron chi connectivity index (χ4n) is 2.18. The van der Waals surface area contributed by atoms with Crippen molar-refractivity contribution in [3.63, 3.8) is 0 Å². The van der Waals surface area contributed by atoms with Gasteiger partial charge in [0.2, 0.25) is 0 Å². The molecule has 1 unspecified atom stereocenters. The van der Waals surface area contributed by atoms with Gasteiger partial charge in [0.15, 0.2) is 0 Å². The van der Waals surface area contributed by atoms with Crippen molar-refractivity contribution >= 4 is 6.29 Å². The zero-order valence-corrected chi connectivity index (χ0v) is 11.0. The lowest BCUT2D eigenvalue weighted by Gasteiger charge is -2.16. The molecule has 3 heteroatoms. The summed E-state index contributed by atoms with van der Waals surface area (Å²) in [5.41, 5.74) is 1.78. The van der Waals surface area contributed by atoms with Crippen molar-refractivity contribution in [3.8, 4) is 5.75 Å². The van der Waals surface area contributed by atoms with Crippen LogP contribution in [-0.2, 0) is 4.74 Å². The van der Waals surface area contributed by atoms with E-state index in [-0.39, 0.29) is 6.10 Å². The SMILES string of the molecule is CC(C)c1cc(C=O)ccc1OCC1CCCO1. The first-order valence-electron chi connectivity index (χ1n) is 6.54. The average molecular weight is 248 g/mol. The van der Waals surface area contributed by atoms with Crippen LogP contribution in [0.1, 0.15) is 48.5 Å². The lowest BCUT2D eigenvalue weighted by molar-refractivity contribution is 0.0675. The van der Waals surface area contributed by atoms with Gasteiger partial charge in [0.1, 0.15) is 18.6 Å². The van der Waals surface area contributed by atoms with E-state index in [1.807, 2.05) is 12.1 Å². The first kappa shape index (κ1) is 13.1. The molecule has 1 fully saturated rings. The summed E-state index contributed by atoms with van der Waals surface area (Å²) in [6.45, 7) is 5.64. The van der Waals surface area contributed by atoms with Crippen molar-refractivity contribution in [1.29, 1.82) is 0 Å². The molecule has 0 aliphatic carbocycles. The quantitative estimate of drug-likeness (QED) is 0.751. The van der Waals surface area contributed by atoms with E-state index in [1.165, 1.54) is 0 Å². The molecule has 1 aromatic carbocycles. The van der Waals surface area contributed by atoms with E-state index in [0.717, 1.165) is 37.0 Å². The molecule has 1 atom stereocenters. The van der Waals surface area contributed by atoms with Gasteiger partial charge in [-0.05, 0) is 42.5 Å². The van der Waals surface area contributed by atoms with Crippen LogP contribution in [0.25, 0.3) is 0 Å². The van der Waals surface area contributed by atoms with Gasteiger partial charge in [-0.3, -0.25) is 4.79 Å². The second kappa shape index (κ2) is 6.01. The Labute approximate surface area is 108 Å². The number of ether oxygens (including phenoxy) is 2. The second-order valence-corrected chi connectivity index (χ2v) is 5.02. The molecule has 2 rings (SSSR count). The molecular weight excluding hydrogens is 228 g/mol. The number of aldehydes is 1. The Morgan fingerprint density at radius 1 is 1.50 bits per heavy atom. The minimum absolute atomic E-state index is 0.218. The zero-order valence-electron chi connectivity index (χ0n) is 11.0. The van der Waals surface area contributed by atoms with Crippen LogP contribution in [0.15, 0.2) is 18.2 Å². The van der Waals surface area contributed by atoms with Crippen LogP contribution in [0.5, 0.6) is 5.75 Å². The number of hydrogen-bond acceptors (Lipinski definition) is 3. The van der Waals surface area contributed by atoms with Gasteiger partial charge >= 0.3 is 0 Å². The Balaban J connectivity index is 2.08. The summed E-state index contributed by atoms with van der Waals surface area (Å²) in [6, 6.07) is 5.58. The predicted molar refractivity (Wildman–Crippen MR) is 70.4 cm³/mol. The lowest BCUT2D eigenvalue weighted by atomic mass is 10.00. The van der Waals surface area contributed by atoms with Gasteiger partial charge in [-0.2, -0.15) is 0 Å². The van der Waals surface area contributed by atoms with Crippen LogP contribution in [0.3, 0.4) is 0 Å². The maximum Gasteiger partial charge on any atom is 0.150 e. The van der Waals surface area contributed by atoms with Crippen molar-refractivity contribution in [1.82, 2.24) is 0 Å². The lowest BCUT2D eigenvalue weighted by Crippen LogP contribution is -2.17. The van der Waals surface area contributed by atoms with E-state index in [4.69, 9.17) is 9.47 Å². The molecule has 1 aliphatic rings. The third-order valence-electron chi connectivity index (χ3n) is 3.24. The van der Waals surface area contributed by atoms with E-state index in [2.05, 4.69) is 13.8 Å². The minimum atomic E-state index is 0.218. The fraction of sp³-hybridized carbons (Fsp3) is 0.533. The zero-order chi connectivity index (χ0) is 13.0. The topological polar surface area (TPSA) is 35.5 Å². The first-order chi connectivity index (χ1) is 8.70. The summed E-state index contributed by atoms with van der Waals surface area (Å²) in [4.78, 5) is 10.8. The van der Waals surface area contributed by atoms with Crippen LogP contribution in [0, 0.1) is 0 Å². The maximum absolute atomic E-state index is 10.8. The van der Waals surface area contributed by atoms with Crippen molar-refractivity contribution < 1.29 is 14.3 Å². The Morgan fingerprint density at radius 2 is 2.33 bits per heavy atom.